The van der Waals surface area contributed by atoms with Crippen LogP contribution >= 0.6 is 0 Å². The summed E-state index contributed by atoms with van der Waals surface area (Å²) in [5, 5.41) is 14.8. The van der Waals surface area contributed by atoms with Crippen LogP contribution in [0.25, 0.3) is 0 Å². The topological polar surface area (TPSA) is 93.8 Å². The lowest BCUT2D eigenvalue weighted by molar-refractivity contribution is -0.475. The molecule has 86 valence electrons. The van der Waals surface area contributed by atoms with Gasteiger partial charge in [-0.3, -0.25) is 0 Å². The van der Waals surface area contributed by atoms with Gasteiger partial charge >= 0.3 is 0 Å². The van der Waals surface area contributed by atoms with Gasteiger partial charge in [0.15, 0.2) is 0 Å². The van der Waals surface area contributed by atoms with Crippen molar-refractivity contribution in [2.45, 2.75) is 24.8 Å². The molecular weight excluding hydrogens is 196 g/mol. The molecule has 0 aromatic carbocycles. The smallest absolute Gasteiger partial charge is 0.105 e. The van der Waals surface area contributed by atoms with Crippen LogP contribution in [0.2, 0.25) is 0 Å². The Kier molecular flexibility index (Phi) is 9.45. The average Bonchev–Trinajstić information content (AvgIpc) is 2.03. The van der Waals surface area contributed by atoms with Crippen LogP contribution in [0.5, 0.6) is 0 Å². The van der Waals surface area contributed by atoms with Gasteiger partial charge in [-0.15, -0.1) is 19.7 Å². The molecule has 0 heterocycles. The molecule has 0 bridgehead atoms. The normalized spacial score (nSPS) is 9.40. The minimum absolute atomic E-state index is 0.0469. The zero-order valence-electron chi connectivity index (χ0n) is 8.85. The van der Waals surface area contributed by atoms with E-state index in [0.29, 0.717) is 0 Å². The van der Waals surface area contributed by atoms with Crippen molar-refractivity contribution < 1.29 is 10.8 Å². The summed E-state index contributed by atoms with van der Waals surface area (Å²) in [5.74, 6) is 0. The van der Waals surface area contributed by atoms with Crippen molar-refractivity contribution >= 4 is 0 Å². The Morgan fingerprint density at radius 2 is 1.27 bits per heavy atom. The average molecular weight is 214 g/mol. The second-order valence-corrected chi connectivity index (χ2v) is 3.20. The zero-order valence-corrected chi connectivity index (χ0v) is 8.85. The third kappa shape index (κ3) is 12.4. The highest BCUT2D eigenvalue weighted by atomic mass is 16.9. The second kappa shape index (κ2) is 8.96. The number of rotatable bonds is 6. The number of hydrogen-bond donors (Lipinski definition) is 1. The maximum atomic E-state index is 8.25. The zero-order chi connectivity index (χ0) is 12.3. The van der Waals surface area contributed by atoms with Crippen LogP contribution in [0, 0.1) is 15.3 Å². The highest BCUT2D eigenvalue weighted by molar-refractivity contribution is 4.94. The van der Waals surface area contributed by atoms with E-state index in [9.17, 15) is 0 Å². The molecule has 0 saturated heterocycles. The second-order valence-electron chi connectivity index (χ2n) is 3.20. The van der Waals surface area contributed by atoms with Crippen LogP contribution in [-0.4, -0.2) is 10.6 Å². The molecule has 0 aliphatic carbocycles. The van der Waals surface area contributed by atoms with Crippen molar-refractivity contribution in [2.75, 3.05) is 0 Å². The van der Waals surface area contributed by atoms with Gasteiger partial charge in [0.2, 0.25) is 0 Å². The van der Waals surface area contributed by atoms with Gasteiger partial charge in [0.05, 0.1) is 5.09 Å². The SMILES string of the molecule is C=CCC([NH3+])(CC=C)CC=C.O=[N+]([O-])[O-]. The van der Waals surface area contributed by atoms with E-state index >= 15 is 0 Å². The summed E-state index contributed by atoms with van der Waals surface area (Å²) in [4.78, 5) is 8.25. The van der Waals surface area contributed by atoms with Crippen molar-refractivity contribution in [1.82, 2.24) is 0 Å². The predicted molar refractivity (Wildman–Crippen MR) is 60.4 cm³/mol. The summed E-state index contributed by atoms with van der Waals surface area (Å²) in [6.45, 7) is 11.1. The third-order valence-corrected chi connectivity index (χ3v) is 1.73. The summed E-state index contributed by atoms with van der Waals surface area (Å²) in [7, 11) is 0. The van der Waals surface area contributed by atoms with Crippen molar-refractivity contribution in [3.63, 3.8) is 0 Å². The lowest BCUT2D eigenvalue weighted by Crippen LogP contribution is -2.71. The maximum Gasteiger partial charge on any atom is 0.105 e. The molecule has 0 atom stereocenters. The first kappa shape index (κ1) is 15.8. The van der Waals surface area contributed by atoms with Crippen molar-refractivity contribution in [2.24, 2.45) is 0 Å². The van der Waals surface area contributed by atoms with Crippen LogP contribution in [0.1, 0.15) is 19.3 Å². The van der Waals surface area contributed by atoms with Gasteiger partial charge in [0.1, 0.15) is 5.54 Å². The molecule has 3 N–H and O–H groups in total. The summed E-state index contributed by atoms with van der Waals surface area (Å²) in [6.07, 6.45) is 8.47. The van der Waals surface area contributed by atoms with Crippen molar-refractivity contribution in [1.29, 1.82) is 0 Å². The number of quaternary nitrogens is 1. The Morgan fingerprint density at radius 3 is 1.40 bits per heavy atom. The van der Waals surface area contributed by atoms with E-state index in [4.69, 9.17) is 15.3 Å². The minimum Gasteiger partial charge on any atom is -0.356 e. The third-order valence-electron chi connectivity index (χ3n) is 1.73. The van der Waals surface area contributed by atoms with Gasteiger partial charge in [0.25, 0.3) is 0 Å². The monoisotopic (exact) mass is 214 g/mol. The van der Waals surface area contributed by atoms with E-state index in [2.05, 4.69) is 25.5 Å². The Bertz CT molecular complexity index is 196. The molecule has 0 radical (unpaired) electrons. The molecule has 0 aromatic rings. The first-order valence-corrected chi connectivity index (χ1v) is 4.41. The van der Waals surface area contributed by atoms with E-state index in [-0.39, 0.29) is 5.54 Å². The molecule has 0 aromatic heterocycles. The summed E-state index contributed by atoms with van der Waals surface area (Å²) >= 11 is 0. The van der Waals surface area contributed by atoms with Crippen LogP contribution in [0.15, 0.2) is 38.0 Å². The Balaban J connectivity index is 0. The molecule has 0 spiro atoms. The fourth-order valence-electron chi connectivity index (χ4n) is 1.17. The fourth-order valence-corrected chi connectivity index (χ4v) is 1.17. The van der Waals surface area contributed by atoms with Gasteiger partial charge in [-0.1, -0.05) is 18.2 Å². The Hall–Kier alpha value is -1.62. The fraction of sp³-hybridized carbons (Fsp3) is 0.400. The molecule has 0 saturated carbocycles. The molecule has 0 aliphatic rings. The van der Waals surface area contributed by atoms with E-state index in [1.165, 1.54) is 0 Å². The minimum atomic E-state index is -1.75. The van der Waals surface area contributed by atoms with Gasteiger partial charge in [-0.2, -0.15) is 0 Å². The molecule has 5 heteroatoms. The summed E-state index contributed by atoms with van der Waals surface area (Å²) in [6, 6.07) is 0. The van der Waals surface area contributed by atoms with Crippen LogP contribution < -0.4 is 5.73 Å². The molecule has 0 amide bonds. The quantitative estimate of drug-likeness (QED) is 0.412. The van der Waals surface area contributed by atoms with E-state index in [1.54, 1.807) is 0 Å². The predicted octanol–water partition coefficient (Wildman–Crippen LogP) is 1.46. The number of hydrogen-bond acceptors (Lipinski definition) is 3. The lowest BCUT2D eigenvalue weighted by Gasteiger charge is -2.20. The standard InChI is InChI=1S/C10H17N.NO3/c1-4-7-10(11,8-5-2)9-6-3;2-1(3)4/h4-6H,1-3,7-9,11H2;/q;-1/p+1. The van der Waals surface area contributed by atoms with E-state index in [1.807, 2.05) is 18.2 Å². The van der Waals surface area contributed by atoms with Crippen LogP contribution in [0.3, 0.4) is 0 Å². The molecule has 0 unspecified atom stereocenters. The van der Waals surface area contributed by atoms with Gasteiger partial charge in [-0.05, 0) is 0 Å². The van der Waals surface area contributed by atoms with Gasteiger partial charge in [0, 0.05) is 19.3 Å². The first-order valence-electron chi connectivity index (χ1n) is 4.41. The van der Waals surface area contributed by atoms with Crippen molar-refractivity contribution in [3.05, 3.63) is 53.3 Å². The Morgan fingerprint density at radius 1 is 1.07 bits per heavy atom. The van der Waals surface area contributed by atoms with Gasteiger partial charge < -0.3 is 21.1 Å². The molecule has 0 aliphatic heterocycles. The highest BCUT2D eigenvalue weighted by Gasteiger charge is 2.23. The summed E-state index contributed by atoms with van der Waals surface area (Å²) < 4.78 is 0. The molecule has 0 fully saturated rings. The van der Waals surface area contributed by atoms with E-state index < -0.39 is 5.09 Å². The van der Waals surface area contributed by atoms with E-state index in [0.717, 1.165) is 19.3 Å². The lowest BCUT2D eigenvalue weighted by atomic mass is 9.89. The maximum absolute atomic E-state index is 8.25. The largest absolute Gasteiger partial charge is 0.356 e. The highest BCUT2D eigenvalue weighted by Crippen LogP contribution is 2.15. The van der Waals surface area contributed by atoms with Gasteiger partial charge in [-0.25, -0.2) is 0 Å². The molecule has 5 nitrogen and oxygen atoms in total. The van der Waals surface area contributed by atoms with Crippen LogP contribution in [-0.2, 0) is 0 Å². The first-order chi connectivity index (χ1) is 6.91. The van der Waals surface area contributed by atoms with Crippen LogP contribution in [0.4, 0.5) is 0 Å². The Labute approximate surface area is 89.7 Å². The number of nitrogens with zero attached hydrogens (tertiary/aromatic N) is 1. The molecule has 15 heavy (non-hydrogen) atoms. The molecule has 0 rings (SSSR count). The van der Waals surface area contributed by atoms with Crippen molar-refractivity contribution in [3.8, 4) is 0 Å². The summed E-state index contributed by atoms with van der Waals surface area (Å²) in [5.41, 5.74) is 4.17. The molecular formula is C10H18N2O3.